The summed E-state index contributed by atoms with van der Waals surface area (Å²) < 4.78 is 5.50. The Hall–Kier alpha value is -2.98. The van der Waals surface area contributed by atoms with Gasteiger partial charge in [0.1, 0.15) is 5.92 Å². The summed E-state index contributed by atoms with van der Waals surface area (Å²) in [5, 5.41) is 15.4. The summed E-state index contributed by atoms with van der Waals surface area (Å²) in [6, 6.07) is 7.45. The molecular formula is C21H23N5O2. The van der Waals surface area contributed by atoms with Gasteiger partial charge in [-0.3, -0.25) is 4.79 Å². The summed E-state index contributed by atoms with van der Waals surface area (Å²) >= 11 is 0. The van der Waals surface area contributed by atoms with E-state index >= 15 is 0 Å². The number of nitrogens with one attached hydrogen (secondary N) is 2. The second-order valence-corrected chi connectivity index (χ2v) is 7.09. The van der Waals surface area contributed by atoms with Crippen molar-refractivity contribution < 1.29 is 9.53 Å². The van der Waals surface area contributed by atoms with Crippen LogP contribution in [0, 0.1) is 11.3 Å². The molecule has 1 aromatic carbocycles. The lowest BCUT2D eigenvalue weighted by molar-refractivity contribution is -0.116. The Morgan fingerprint density at radius 1 is 1.32 bits per heavy atom. The molecule has 2 aromatic rings. The highest BCUT2D eigenvalue weighted by atomic mass is 16.5. The van der Waals surface area contributed by atoms with E-state index in [4.69, 9.17) is 9.72 Å². The van der Waals surface area contributed by atoms with Gasteiger partial charge >= 0.3 is 0 Å². The minimum Gasteiger partial charge on any atom is -0.380 e. The molecule has 0 saturated carbocycles. The van der Waals surface area contributed by atoms with Gasteiger partial charge in [-0.2, -0.15) is 5.26 Å². The van der Waals surface area contributed by atoms with E-state index < -0.39 is 5.92 Å². The third-order valence-corrected chi connectivity index (χ3v) is 5.13. The van der Waals surface area contributed by atoms with Crippen LogP contribution in [0.25, 0.3) is 0 Å². The molecule has 2 heterocycles. The standard InChI is InChI=1S/C21H23N5O2/c1-2-9-28-10-8-23-21-25-16-5-3-4-14(16)19(26-21)18-15-11-13(12-22)6-7-17(15)24-20(18)27/h6-7,11,18H,2-5,8-10H2,1H3,(H,24,27)(H,23,25,26). The normalized spacial score (nSPS) is 17.0. The molecule has 28 heavy (non-hydrogen) atoms. The molecule has 0 fully saturated rings. The average molecular weight is 377 g/mol. The largest absolute Gasteiger partial charge is 0.380 e. The predicted molar refractivity (Wildman–Crippen MR) is 105 cm³/mol. The smallest absolute Gasteiger partial charge is 0.238 e. The number of aromatic nitrogens is 2. The van der Waals surface area contributed by atoms with Gasteiger partial charge in [0.15, 0.2) is 0 Å². The summed E-state index contributed by atoms with van der Waals surface area (Å²) in [5.74, 6) is -0.0707. The fraction of sp³-hybridized carbons (Fsp3) is 0.429. The van der Waals surface area contributed by atoms with Gasteiger partial charge in [0.05, 0.1) is 23.9 Å². The van der Waals surface area contributed by atoms with E-state index in [1.165, 1.54) is 0 Å². The first-order chi connectivity index (χ1) is 13.7. The third-order valence-electron chi connectivity index (χ3n) is 5.13. The Kier molecular flexibility index (Phi) is 5.22. The van der Waals surface area contributed by atoms with Crippen molar-refractivity contribution in [1.29, 1.82) is 5.26 Å². The lowest BCUT2D eigenvalue weighted by atomic mass is 9.92. The maximum Gasteiger partial charge on any atom is 0.238 e. The van der Waals surface area contributed by atoms with E-state index in [-0.39, 0.29) is 5.91 Å². The molecule has 2 N–H and O–H groups in total. The molecule has 0 bridgehead atoms. The number of hydrogen-bond acceptors (Lipinski definition) is 6. The van der Waals surface area contributed by atoms with E-state index in [9.17, 15) is 10.1 Å². The Morgan fingerprint density at radius 2 is 2.21 bits per heavy atom. The van der Waals surface area contributed by atoms with Gasteiger partial charge in [0, 0.05) is 24.5 Å². The molecule has 0 saturated heterocycles. The number of rotatable bonds is 7. The van der Waals surface area contributed by atoms with Crippen molar-refractivity contribution in [3.8, 4) is 6.07 Å². The summed E-state index contributed by atoms with van der Waals surface area (Å²) in [6.07, 6.45) is 3.77. The number of nitrogens with zero attached hydrogens (tertiary/aromatic N) is 3. The van der Waals surface area contributed by atoms with Crippen LogP contribution < -0.4 is 10.6 Å². The van der Waals surface area contributed by atoms with Crippen molar-refractivity contribution in [1.82, 2.24) is 9.97 Å². The van der Waals surface area contributed by atoms with Crippen LogP contribution in [0.1, 0.15) is 53.8 Å². The fourth-order valence-corrected chi connectivity index (χ4v) is 3.86. The summed E-state index contributed by atoms with van der Waals surface area (Å²) in [4.78, 5) is 22.2. The SMILES string of the molecule is CCCOCCNc1nc2c(c(C3C(=O)Nc4ccc(C#N)cc43)n1)CCC2. The van der Waals surface area contributed by atoms with E-state index in [0.29, 0.717) is 24.7 Å². The van der Waals surface area contributed by atoms with Crippen molar-refractivity contribution in [2.75, 3.05) is 30.4 Å². The molecule has 1 aliphatic carbocycles. The van der Waals surface area contributed by atoms with Gasteiger partial charge in [-0.15, -0.1) is 0 Å². The van der Waals surface area contributed by atoms with Gasteiger partial charge in [-0.25, -0.2) is 9.97 Å². The average Bonchev–Trinajstić information content (AvgIpc) is 3.30. The molecule has 2 aliphatic rings. The van der Waals surface area contributed by atoms with Crippen LogP contribution in [0.2, 0.25) is 0 Å². The molecule has 1 aromatic heterocycles. The van der Waals surface area contributed by atoms with Crippen LogP contribution in [-0.4, -0.2) is 35.6 Å². The number of carbonyl (C=O) groups is 1. The summed E-state index contributed by atoms with van der Waals surface area (Å²) in [5.41, 5.74) is 4.95. The number of carbonyl (C=O) groups excluding carboxylic acids is 1. The Labute approximate surface area is 164 Å². The minimum absolute atomic E-state index is 0.102. The van der Waals surface area contributed by atoms with Crippen LogP contribution >= 0.6 is 0 Å². The molecule has 4 rings (SSSR count). The van der Waals surface area contributed by atoms with Crippen LogP contribution in [0.4, 0.5) is 11.6 Å². The zero-order valence-corrected chi connectivity index (χ0v) is 15.9. The Balaban J connectivity index is 1.66. The van der Waals surface area contributed by atoms with Crippen molar-refractivity contribution in [3.05, 3.63) is 46.3 Å². The van der Waals surface area contributed by atoms with Crippen molar-refractivity contribution in [3.63, 3.8) is 0 Å². The zero-order valence-electron chi connectivity index (χ0n) is 15.9. The van der Waals surface area contributed by atoms with Gasteiger partial charge in [0.25, 0.3) is 0 Å². The molecule has 7 heteroatoms. The van der Waals surface area contributed by atoms with Crippen LogP contribution in [0.3, 0.4) is 0 Å². The van der Waals surface area contributed by atoms with E-state index in [1.54, 1.807) is 18.2 Å². The molecule has 0 radical (unpaired) electrons. The molecule has 0 spiro atoms. The van der Waals surface area contributed by atoms with Gasteiger partial charge in [-0.1, -0.05) is 6.92 Å². The van der Waals surface area contributed by atoms with Crippen molar-refractivity contribution in [2.24, 2.45) is 0 Å². The monoisotopic (exact) mass is 377 g/mol. The topological polar surface area (TPSA) is 99.9 Å². The molecular weight excluding hydrogens is 354 g/mol. The number of nitriles is 1. The lowest BCUT2D eigenvalue weighted by Gasteiger charge is -2.15. The quantitative estimate of drug-likeness (QED) is 0.720. The van der Waals surface area contributed by atoms with Gasteiger partial charge < -0.3 is 15.4 Å². The molecule has 1 amide bonds. The number of fused-ring (bicyclic) bond motifs is 2. The summed E-state index contributed by atoms with van der Waals surface area (Å²) in [6.45, 7) is 4.01. The second kappa shape index (κ2) is 7.95. The maximum atomic E-state index is 12.8. The van der Waals surface area contributed by atoms with Gasteiger partial charge in [0.2, 0.25) is 11.9 Å². The van der Waals surface area contributed by atoms with Crippen molar-refractivity contribution >= 4 is 17.5 Å². The Bertz CT molecular complexity index is 951. The molecule has 1 aliphatic heterocycles. The predicted octanol–water partition coefficient (Wildman–Crippen LogP) is 2.76. The Morgan fingerprint density at radius 3 is 3.04 bits per heavy atom. The lowest BCUT2D eigenvalue weighted by Crippen LogP contribution is -2.19. The first-order valence-electron chi connectivity index (χ1n) is 9.77. The second-order valence-electron chi connectivity index (χ2n) is 7.09. The highest BCUT2D eigenvalue weighted by Crippen LogP contribution is 2.40. The van der Waals surface area contributed by atoms with Crippen LogP contribution in [-0.2, 0) is 22.4 Å². The van der Waals surface area contributed by atoms with Crippen LogP contribution in [0.5, 0.6) is 0 Å². The first kappa shape index (κ1) is 18.4. The summed E-state index contributed by atoms with van der Waals surface area (Å²) in [7, 11) is 0. The molecule has 1 atom stereocenters. The molecule has 1 unspecified atom stereocenters. The van der Waals surface area contributed by atoms with Crippen LogP contribution in [0.15, 0.2) is 18.2 Å². The van der Waals surface area contributed by atoms with Crippen molar-refractivity contribution in [2.45, 2.75) is 38.5 Å². The number of benzene rings is 1. The number of anilines is 2. The maximum absolute atomic E-state index is 12.8. The first-order valence-corrected chi connectivity index (χ1v) is 9.77. The van der Waals surface area contributed by atoms with E-state index in [2.05, 4.69) is 28.6 Å². The van der Waals surface area contributed by atoms with E-state index in [1.807, 2.05) is 0 Å². The number of ether oxygens (including phenoxy) is 1. The molecule has 7 nitrogen and oxygen atoms in total. The number of amides is 1. The fourth-order valence-electron chi connectivity index (χ4n) is 3.86. The van der Waals surface area contributed by atoms with Gasteiger partial charge in [-0.05, 0) is 55.0 Å². The molecule has 144 valence electrons. The highest BCUT2D eigenvalue weighted by Gasteiger charge is 2.36. The highest BCUT2D eigenvalue weighted by molar-refractivity contribution is 6.05. The third kappa shape index (κ3) is 3.43. The number of aryl methyl sites for hydroxylation is 1. The number of hydrogen-bond donors (Lipinski definition) is 2. The zero-order chi connectivity index (χ0) is 19.5. The minimum atomic E-state index is -0.505. The van der Waals surface area contributed by atoms with E-state index in [0.717, 1.165) is 60.5 Å².